The Morgan fingerprint density at radius 2 is 2.00 bits per heavy atom. The normalized spacial score (nSPS) is 14.7. The molecule has 110 valence electrons. The second-order valence-corrected chi connectivity index (χ2v) is 5.10. The molecule has 1 aromatic rings. The summed E-state index contributed by atoms with van der Waals surface area (Å²) < 4.78 is 5.11. The van der Waals surface area contributed by atoms with Gasteiger partial charge in [-0.15, -0.1) is 0 Å². The molecule has 0 saturated carbocycles. The van der Waals surface area contributed by atoms with E-state index in [1.165, 1.54) is 7.11 Å². The summed E-state index contributed by atoms with van der Waals surface area (Å²) in [7, 11) is 1.53. The summed E-state index contributed by atoms with van der Waals surface area (Å²) in [6, 6.07) is 0.288. The van der Waals surface area contributed by atoms with Gasteiger partial charge in [0.1, 0.15) is 0 Å². The van der Waals surface area contributed by atoms with Crippen LogP contribution < -0.4 is 15.0 Å². The number of hydrogen-bond acceptors (Lipinski definition) is 6. The fourth-order valence-electron chi connectivity index (χ4n) is 1.99. The van der Waals surface area contributed by atoms with E-state index in [-0.39, 0.29) is 24.4 Å². The van der Waals surface area contributed by atoms with Crippen molar-refractivity contribution in [2.75, 3.05) is 25.1 Å². The lowest BCUT2D eigenvalue weighted by Crippen LogP contribution is -2.29. The zero-order valence-corrected chi connectivity index (χ0v) is 12.2. The second kappa shape index (κ2) is 6.49. The van der Waals surface area contributed by atoms with Crippen molar-refractivity contribution >= 4 is 11.9 Å². The number of nitrogens with one attached hydrogen (secondary N) is 1. The first-order valence-electron chi connectivity index (χ1n) is 6.91. The van der Waals surface area contributed by atoms with E-state index in [1.54, 1.807) is 0 Å². The van der Waals surface area contributed by atoms with Gasteiger partial charge in [0.2, 0.25) is 11.9 Å². The number of amides is 1. The number of aromatic nitrogens is 3. The Morgan fingerprint density at radius 1 is 1.30 bits per heavy atom. The molecular formula is C13H21N5O2. The number of carbonyl (C=O) groups excluding carboxylic acids is 1. The SMILES string of the molecule is COc1nc(CNC(=O)C(C)C)nc(N2CCCC2)n1. The standard InChI is InChI=1S/C13H21N5O2/c1-9(2)11(19)14-8-10-15-12(17-13(16-10)20-3)18-6-4-5-7-18/h9H,4-8H2,1-3H3,(H,14,19). The van der Waals surface area contributed by atoms with Gasteiger partial charge in [0.25, 0.3) is 0 Å². The molecule has 0 aliphatic carbocycles. The van der Waals surface area contributed by atoms with Gasteiger partial charge in [-0.3, -0.25) is 4.79 Å². The molecule has 2 rings (SSSR count). The molecule has 1 aromatic heterocycles. The number of ether oxygens (including phenoxy) is 1. The maximum atomic E-state index is 11.6. The van der Waals surface area contributed by atoms with Crippen molar-refractivity contribution in [1.29, 1.82) is 0 Å². The molecule has 7 nitrogen and oxygen atoms in total. The van der Waals surface area contributed by atoms with E-state index in [9.17, 15) is 4.79 Å². The van der Waals surface area contributed by atoms with Crippen molar-refractivity contribution < 1.29 is 9.53 Å². The highest BCUT2D eigenvalue weighted by Crippen LogP contribution is 2.17. The van der Waals surface area contributed by atoms with Gasteiger partial charge >= 0.3 is 6.01 Å². The molecule has 1 fully saturated rings. The molecular weight excluding hydrogens is 258 g/mol. The Labute approximate surface area is 118 Å². The maximum absolute atomic E-state index is 11.6. The number of nitrogens with zero attached hydrogens (tertiary/aromatic N) is 4. The molecule has 20 heavy (non-hydrogen) atoms. The van der Waals surface area contributed by atoms with Crippen LogP contribution >= 0.6 is 0 Å². The monoisotopic (exact) mass is 279 g/mol. The largest absolute Gasteiger partial charge is 0.467 e. The Balaban J connectivity index is 2.11. The Morgan fingerprint density at radius 3 is 2.60 bits per heavy atom. The topological polar surface area (TPSA) is 80.2 Å². The van der Waals surface area contributed by atoms with Crippen molar-refractivity contribution in [3.8, 4) is 6.01 Å². The molecule has 7 heteroatoms. The molecule has 1 N–H and O–H groups in total. The van der Waals surface area contributed by atoms with Crippen LogP contribution in [0.4, 0.5) is 5.95 Å². The van der Waals surface area contributed by atoms with Gasteiger partial charge in [0.05, 0.1) is 13.7 Å². The Hall–Kier alpha value is -1.92. The second-order valence-electron chi connectivity index (χ2n) is 5.10. The van der Waals surface area contributed by atoms with Gasteiger partial charge in [-0.25, -0.2) is 0 Å². The molecule has 0 unspecified atom stereocenters. The van der Waals surface area contributed by atoms with Crippen molar-refractivity contribution in [2.45, 2.75) is 33.2 Å². The summed E-state index contributed by atoms with van der Waals surface area (Å²) >= 11 is 0. The minimum Gasteiger partial charge on any atom is -0.467 e. The van der Waals surface area contributed by atoms with Crippen LogP contribution in [0.3, 0.4) is 0 Å². The van der Waals surface area contributed by atoms with Crippen LogP contribution in [0.5, 0.6) is 6.01 Å². The molecule has 1 aliphatic rings. The third-order valence-electron chi connectivity index (χ3n) is 3.17. The quantitative estimate of drug-likeness (QED) is 0.857. The predicted octanol–water partition coefficient (Wildman–Crippen LogP) is 0.753. The molecule has 0 bridgehead atoms. The van der Waals surface area contributed by atoms with Crippen LogP contribution in [0.15, 0.2) is 0 Å². The summed E-state index contributed by atoms with van der Waals surface area (Å²) in [5.74, 6) is 1.07. The first kappa shape index (κ1) is 14.5. The number of methoxy groups -OCH3 is 1. The zero-order valence-electron chi connectivity index (χ0n) is 12.2. The minimum atomic E-state index is -0.0585. The van der Waals surface area contributed by atoms with Gasteiger partial charge < -0.3 is 15.0 Å². The predicted molar refractivity (Wildman–Crippen MR) is 74.5 cm³/mol. The zero-order chi connectivity index (χ0) is 14.5. The summed E-state index contributed by atoms with van der Waals surface area (Å²) in [4.78, 5) is 26.5. The molecule has 2 heterocycles. The highest BCUT2D eigenvalue weighted by atomic mass is 16.5. The number of anilines is 1. The van der Waals surface area contributed by atoms with Gasteiger partial charge in [-0.1, -0.05) is 13.8 Å². The summed E-state index contributed by atoms with van der Waals surface area (Å²) in [5.41, 5.74) is 0. The van der Waals surface area contributed by atoms with Crippen LogP contribution in [0, 0.1) is 5.92 Å². The van der Waals surface area contributed by atoms with Crippen LogP contribution in [-0.2, 0) is 11.3 Å². The van der Waals surface area contributed by atoms with Crippen molar-refractivity contribution in [2.24, 2.45) is 5.92 Å². The minimum absolute atomic E-state index is 0.0212. The number of rotatable bonds is 5. The van der Waals surface area contributed by atoms with E-state index in [0.29, 0.717) is 11.8 Å². The smallest absolute Gasteiger partial charge is 0.321 e. The summed E-state index contributed by atoms with van der Waals surface area (Å²) in [6.45, 7) is 5.88. The lowest BCUT2D eigenvalue weighted by atomic mass is 10.2. The third kappa shape index (κ3) is 3.55. The van der Waals surface area contributed by atoms with E-state index in [1.807, 2.05) is 13.8 Å². The fraction of sp³-hybridized carbons (Fsp3) is 0.692. The van der Waals surface area contributed by atoms with Gasteiger partial charge in [0, 0.05) is 19.0 Å². The van der Waals surface area contributed by atoms with Crippen molar-refractivity contribution in [1.82, 2.24) is 20.3 Å². The van der Waals surface area contributed by atoms with E-state index in [4.69, 9.17) is 4.74 Å². The summed E-state index contributed by atoms with van der Waals surface area (Å²) in [5, 5.41) is 2.80. The van der Waals surface area contributed by atoms with Crippen LogP contribution in [0.2, 0.25) is 0 Å². The van der Waals surface area contributed by atoms with Gasteiger partial charge in [0.15, 0.2) is 5.82 Å². The lowest BCUT2D eigenvalue weighted by Gasteiger charge is -2.16. The average molecular weight is 279 g/mol. The molecule has 1 aliphatic heterocycles. The van der Waals surface area contributed by atoms with Crippen LogP contribution in [0.25, 0.3) is 0 Å². The lowest BCUT2D eigenvalue weighted by molar-refractivity contribution is -0.124. The van der Waals surface area contributed by atoms with Crippen LogP contribution in [-0.4, -0.2) is 41.1 Å². The molecule has 0 atom stereocenters. The molecule has 1 amide bonds. The van der Waals surface area contributed by atoms with Crippen LogP contribution in [0.1, 0.15) is 32.5 Å². The molecule has 0 aromatic carbocycles. The molecule has 1 saturated heterocycles. The maximum Gasteiger partial charge on any atom is 0.321 e. The summed E-state index contributed by atoms with van der Waals surface area (Å²) in [6.07, 6.45) is 2.29. The third-order valence-corrected chi connectivity index (χ3v) is 3.17. The van der Waals surface area contributed by atoms with E-state index in [0.717, 1.165) is 25.9 Å². The number of hydrogen-bond donors (Lipinski definition) is 1. The van der Waals surface area contributed by atoms with E-state index >= 15 is 0 Å². The Kier molecular flexibility index (Phi) is 4.70. The van der Waals surface area contributed by atoms with E-state index < -0.39 is 0 Å². The first-order valence-corrected chi connectivity index (χ1v) is 6.91. The van der Waals surface area contributed by atoms with E-state index in [2.05, 4.69) is 25.2 Å². The van der Waals surface area contributed by atoms with Gasteiger partial charge in [-0.05, 0) is 12.8 Å². The first-order chi connectivity index (χ1) is 9.60. The highest BCUT2D eigenvalue weighted by molar-refractivity contribution is 5.77. The number of carbonyl (C=O) groups is 1. The van der Waals surface area contributed by atoms with Crippen molar-refractivity contribution in [3.63, 3.8) is 0 Å². The fourth-order valence-corrected chi connectivity index (χ4v) is 1.99. The Bertz CT molecular complexity index is 472. The highest BCUT2D eigenvalue weighted by Gasteiger charge is 2.18. The average Bonchev–Trinajstić information content (AvgIpc) is 2.98. The molecule has 0 radical (unpaired) electrons. The molecule has 0 spiro atoms. The van der Waals surface area contributed by atoms with Gasteiger partial charge in [-0.2, -0.15) is 15.0 Å². The van der Waals surface area contributed by atoms with Crippen molar-refractivity contribution in [3.05, 3.63) is 5.82 Å².